The maximum absolute atomic E-state index is 13.5. The molecule has 0 radical (unpaired) electrons. The number of thiophene rings is 2. The van der Waals surface area contributed by atoms with Crippen LogP contribution < -0.4 is 21.3 Å². The molecular formula is C76H86N8O4S2. The first-order valence-electron chi connectivity index (χ1n) is 32.9. The molecule has 466 valence electrons. The zero-order chi connectivity index (χ0) is 62.3. The number of allylic oxidation sites excluding steroid dienone is 4. The number of nitrogens with zero attached hydrogens (tertiary/aromatic N) is 2. The maximum Gasteiger partial charge on any atom is 0.252 e. The highest BCUT2D eigenvalue weighted by Crippen LogP contribution is 2.39. The van der Waals surface area contributed by atoms with Crippen LogP contribution in [0.15, 0.2) is 120 Å². The third-order valence-corrected chi connectivity index (χ3v) is 20.0. The van der Waals surface area contributed by atoms with E-state index in [0.717, 1.165) is 197 Å². The van der Waals surface area contributed by atoms with Crippen LogP contribution in [0.2, 0.25) is 0 Å². The van der Waals surface area contributed by atoms with Crippen molar-refractivity contribution in [3.8, 4) is 0 Å². The number of aromatic nitrogens is 4. The van der Waals surface area contributed by atoms with E-state index in [2.05, 4.69) is 142 Å². The van der Waals surface area contributed by atoms with Crippen molar-refractivity contribution in [1.29, 1.82) is 0 Å². The Bertz CT molecular complexity index is 4330. The second-order valence-corrected chi connectivity index (χ2v) is 26.5. The molecule has 2 aliphatic heterocycles. The Morgan fingerprint density at radius 2 is 0.789 bits per heavy atom. The molecule has 0 fully saturated rings. The van der Waals surface area contributed by atoms with Gasteiger partial charge < -0.3 is 31.2 Å². The quantitative estimate of drug-likeness (QED) is 0.0245. The molecule has 0 atom stereocenters. The van der Waals surface area contributed by atoms with E-state index >= 15 is 0 Å². The number of fused-ring (bicyclic) bond motifs is 14. The van der Waals surface area contributed by atoms with Crippen LogP contribution in [0.5, 0.6) is 0 Å². The van der Waals surface area contributed by atoms with Crippen molar-refractivity contribution in [3.05, 3.63) is 165 Å². The SMILES string of the molecule is CC1=C(CCC(=O)NCCCCCCCCCCNC(=O)c2cc3ccccc3c3ccsc23)c2cc3nc(cc4[nH]c(cc4C)cc4[nH]c(cc1n2)cc4C)C(C)=C3CCC(=O)NCCCCCCCCCCNC(=O)c1cc2ccccc2c2ccsc12. The van der Waals surface area contributed by atoms with Crippen LogP contribution in [0.4, 0.5) is 0 Å². The average molecular weight is 1240 g/mol. The Balaban J connectivity index is 0.618. The minimum absolute atomic E-state index is 0.00775. The predicted octanol–water partition coefficient (Wildman–Crippen LogP) is 18.4. The topological polar surface area (TPSA) is 174 Å². The lowest BCUT2D eigenvalue weighted by atomic mass is 9.98. The molecule has 0 aliphatic carbocycles. The van der Waals surface area contributed by atoms with Crippen molar-refractivity contribution in [2.24, 2.45) is 0 Å². The zero-order valence-electron chi connectivity index (χ0n) is 52.9. The molecule has 4 aromatic carbocycles. The smallest absolute Gasteiger partial charge is 0.252 e. The Labute approximate surface area is 536 Å². The van der Waals surface area contributed by atoms with Crippen LogP contribution in [0.3, 0.4) is 0 Å². The largest absolute Gasteiger partial charge is 0.356 e. The highest BCUT2D eigenvalue weighted by Gasteiger charge is 2.23. The van der Waals surface area contributed by atoms with E-state index in [1.165, 1.54) is 36.5 Å². The van der Waals surface area contributed by atoms with Crippen LogP contribution in [0.1, 0.15) is 197 Å². The summed E-state index contributed by atoms with van der Waals surface area (Å²) in [5, 5.41) is 23.7. The fourth-order valence-electron chi connectivity index (χ4n) is 12.9. The number of carbonyl (C=O) groups is 4. The number of hydrogen-bond acceptors (Lipinski definition) is 8. The van der Waals surface area contributed by atoms with Gasteiger partial charge in [-0.05, 0) is 193 Å². The normalized spacial score (nSPS) is 12.5. The summed E-state index contributed by atoms with van der Waals surface area (Å²) in [6, 6.07) is 37.6. The number of rotatable bonds is 30. The number of H-pyrrole nitrogens is 2. The van der Waals surface area contributed by atoms with Gasteiger partial charge in [0.25, 0.3) is 11.8 Å². The molecule has 9 aromatic rings. The standard InChI is InChI=1S/C76H86N8O4S2/c1-49-41-56-46-67-51(3)57(29-31-71(85)77-35-21-13-9-5-7-11-15-23-37-79-75(87)63-43-53-25-17-19-27-59(53)61-33-39-89-73(61)63)69(83-67)48-70-58(52(4)68(84-70)47-66-50(2)42-55(82-66)45-65(49)81-56)30-32-72(86)78-36-22-14-10-6-8-12-16-24-38-80-76(88)64-44-54-26-18-20-28-60(54)62-34-40-90-74(62)64/h17-20,25-28,33-34,39-48,81-82H,5-16,21-24,29-32,35-38H2,1-4H3,(H,77,85)(H,78,86)(H,79,87)(H,80,88). The van der Waals surface area contributed by atoms with E-state index in [4.69, 9.17) is 9.97 Å². The molecule has 14 heteroatoms. The summed E-state index contributed by atoms with van der Waals surface area (Å²) < 4.78 is 2.10. The van der Waals surface area contributed by atoms with Gasteiger partial charge in [0, 0.05) is 81.3 Å². The van der Waals surface area contributed by atoms with E-state index in [-0.39, 0.29) is 23.6 Å². The van der Waals surface area contributed by atoms with Gasteiger partial charge >= 0.3 is 0 Å². The first-order chi connectivity index (χ1) is 43.9. The molecule has 8 bridgehead atoms. The van der Waals surface area contributed by atoms with Gasteiger partial charge in [-0.25, -0.2) is 9.97 Å². The third-order valence-electron chi connectivity index (χ3n) is 18.1. The molecule has 6 N–H and O–H groups in total. The fourth-order valence-corrected chi connectivity index (χ4v) is 14.8. The average Bonchev–Trinajstić information content (AvgIpc) is 1.49. The molecular weight excluding hydrogens is 1150 g/mol. The van der Waals surface area contributed by atoms with Crippen LogP contribution >= 0.6 is 22.7 Å². The molecule has 12 nitrogen and oxygen atoms in total. The van der Waals surface area contributed by atoms with Crippen molar-refractivity contribution >= 4 is 132 Å². The number of nitrogens with one attached hydrogen (secondary N) is 6. The number of carbonyl (C=O) groups excluding carboxylic acids is 4. The molecule has 0 saturated heterocycles. The molecule has 0 saturated carbocycles. The Morgan fingerprint density at radius 1 is 0.400 bits per heavy atom. The highest BCUT2D eigenvalue weighted by molar-refractivity contribution is 7.18. The zero-order valence-corrected chi connectivity index (χ0v) is 54.5. The van der Waals surface area contributed by atoms with E-state index in [0.29, 0.717) is 51.9 Å². The first-order valence-corrected chi connectivity index (χ1v) is 34.7. The van der Waals surface area contributed by atoms with E-state index < -0.39 is 0 Å². The number of aromatic amines is 2. The lowest BCUT2D eigenvalue weighted by molar-refractivity contribution is -0.121. The van der Waals surface area contributed by atoms with E-state index in [1.807, 2.05) is 36.4 Å². The van der Waals surface area contributed by atoms with Crippen molar-refractivity contribution in [3.63, 3.8) is 0 Å². The van der Waals surface area contributed by atoms with Gasteiger partial charge in [-0.2, -0.15) is 0 Å². The summed E-state index contributed by atoms with van der Waals surface area (Å²) in [6.07, 6.45) is 19.1. The summed E-state index contributed by atoms with van der Waals surface area (Å²) in [5.41, 5.74) is 15.2. The number of benzene rings is 4. The van der Waals surface area contributed by atoms with E-state index in [9.17, 15) is 19.2 Å². The molecule has 4 amide bonds. The Kier molecular flexibility index (Phi) is 21.5. The molecule has 0 unspecified atom stereocenters. The maximum atomic E-state index is 13.5. The van der Waals surface area contributed by atoms with Gasteiger partial charge in [-0.3, -0.25) is 19.2 Å². The Hall–Kier alpha value is -8.20. The number of hydrogen-bond donors (Lipinski definition) is 6. The summed E-state index contributed by atoms with van der Waals surface area (Å²) in [7, 11) is 0. The predicted molar refractivity (Wildman–Crippen MR) is 377 cm³/mol. The van der Waals surface area contributed by atoms with Gasteiger partial charge in [0.2, 0.25) is 11.8 Å². The van der Waals surface area contributed by atoms with Crippen LogP contribution in [0, 0.1) is 13.8 Å². The van der Waals surface area contributed by atoms with Gasteiger partial charge in [0.1, 0.15) is 0 Å². The second-order valence-electron chi connectivity index (χ2n) is 24.7. The molecule has 5 aromatic heterocycles. The van der Waals surface area contributed by atoms with Gasteiger partial charge in [0.15, 0.2) is 0 Å². The molecule has 2 aliphatic rings. The summed E-state index contributed by atoms with van der Waals surface area (Å²) in [5.74, 6) is 0.0865. The number of aryl methyl sites for hydroxylation is 2. The van der Waals surface area contributed by atoms with Gasteiger partial charge in [-0.15, -0.1) is 22.7 Å². The minimum Gasteiger partial charge on any atom is -0.356 e. The van der Waals surface area contributed by atoms with Crippen molar-refractivity contribution in [2.45, 2.75) is 156 Å². The molecule has 0 spiro atoms. The molecule has 11 rings (SSSR count). The van der Waals surface area contributed by atoms with Crippen molar-refractivity contribution < 1.29 is 19.2 Å². The Morgan fingerprint density at radius 3 is 1.24 bits per heavy atom. The molecule has 90 heavy (non-hydrogen) atoms. The van der Waals surface area contributed by atoms with Crippen LogP contribution in [-0.2, 0) is 9.59 Å². The highest BCUT2D eigenvalue weighted by atomic mass is 32.1. The molecule has 7 heterocycles. The summed E-state index contributed by atoms with van der Waals surface area (Å²) >= 11 is 3.26. The third kappa shape index (κ3) is 15.7. The first kappa shape index (κ1) is 63.4. The fraction of sp³-hybridized carbons (Fsp3) is 0.368. The number of amides is 4. The lowest BCUT2D eigenvalue weighted by Gasteiger charge is -2.09. The summed E-state index contributed by atoms with van der Waals surface area (Å²) in [6.45, 7) is 11.1. The van der Waals surface area contributed by atoms with Crippen molar-refractivity contribution in [2.75, 3.05) is 26.2 Å². The number of unbranched alkanes of at least 4 members (excludes halogenated alkanes) is 14. The minimum atomic E-state index is 0.00775. The van der Waals surface area contributed by atoms with E-state index in [1.54, 1.807) is 22.7 Å². The van der Waals surface area contributed by atoms with Gasteiger partial charge in [0.05, 0.1) is 33.9 Å². The van der Waals surface area contributed by atoms with Gasteiger partial charge in [-0.1, -0.05) is 126 Å². The second kappa shape index (κ2) is 30.5. The van der Waals surface area contributed by atoms with Crippen LogP contribution in [0.25, 0.3) is 86.1 Å². The lowest BCUT2D eigenvalue weighted by Crippen LogP contribution is -2.24. The van der Waals surface area contributed by atoms with Crippen molar-refractivity contribution in [1.82, 2.24) is 41.2 Å². The monoisotopic (exact) mass is 1240 g/mol. The summed E-state index contributed by atoms with van der Waals surface area (Å²) in [4.78, 5) is 71.2. The van der Waals surface area contributed by atoms with Crippen LogP contribution in [-0.4, -0.2) is 69.7 Å².